The summed E-state index contributed by atoms with van der Waals surface area (Å²) < 4.78 is 20.4. The lowest BCUT2D eigenvalue weighted by atomic mass is 10.0. The van der Waals surface area contributed by atoms with Crippen molar-refractivity contribution < 1.29 is 19.0 Å². The van der Waals surface area contributed by atoms with Gasteiger partial charge in [-0.25, -0.2) is 9.07 Å². The maximum Gasteiger partial charge on any atom is 0.309 e. The molecule has 7 nitrogen and oxygen atoms in total. The molecule has 26 heavy (non-hydrogen) atoms. The summed E-state index contributed by atoms with van der Waals surface area (Å²) in [5.41, 5.74) is 0.580. The Labute approximate surface area is 147 Å². The summed E-state index contributed by atoms with van der Waals surface area (Å²) in [6.07, 6.45) is 0.848. The van der Waals surface area contributed by atoms with Gasteiger partial charge in [0.15, 0.2) is 6.23 Å². The fourth-order valence-corrected chi connectivity index (χ4v) is 3.29. The average molecular weight is 357 g/mol. The van der Waals surface area contributed by atoms with Crippen LogP contribution in [0.3, 0.4) is 0 Å². The number of aromatic nitrogens is 2. The van der Waals surface area contributed by atoms with E-state index in [-0.39, 0.29) is 31.0 Å². The van der Waals surface area contributed by atoms with E-state index in [2.05, 4.69) is 10.1 Å². The first-order valence-corrected chi connectivity index (χ1v) is 8.26. The number of alkyl halides is 1. The molecule has 8 heteroatoms. The Morgan fingerprint density at radius 2 is 2.08 bits per heavy atom. The maximum atomic E-state index is 13.4. The summed E-state index contributed by atoms with van der Waals surface area (Å²) in [5, 5.41) is 14.3. The Morgan fingerprint density at radius 3 is 2.85 bits per heavy atom. The summed E-state index contributed by atoms with van der Waals surface area (Å²) in [6.45, 7) is 0.0427. The average Bonchev–Trinajstić information content (AvgIpc) is 3.00. The summed E-state index contributed by atoms with van der Waals surface area (Å²) >= 11 is 0. The first kappa shape index (κ1) is 16.6. The Morgan fingerprint density at radius 1 is 1.31 bits per heavy atom. The van der Waals surface area contributed by atoms with Crippen molar-refractivity contribution in [2.75, 3.05) is 0 Å². The Bertz CT molecular complexity index is 998. The number of carboxylic acids is 1. The molecule has 134 valence electrons. The predicted molar refractivity (Wildman–Crippen MR) is 92.1 cm³/mol. The van der Waals surface area contributed by atoms with Gasteiger partial charge in [0, 0.05) is 11.8 Å². The number of carboxylic acid groups (broad SMARTS) is 1. The highest BCUT2D eigenvalue weighted by atomic mass is 19.1. The van der Waals surface area contributed by atoms with Gasteiger partial charge in [-0.2, -0.15) is 5.10 Å². The van der Waals surface area contributed by atoms with E-state index in [1.165, 1.54) is 10.8 Å². The van der Waals surface area contributed by atoms with Crippen LogP contribution in [0, 0.1) is 0 Å². The fraction of sp³-hybridized carbons (Fsp3) is 0.333. The van der Waals surface area contributed by atoms with Crippen molar-refractivity contribution >= 4 is 22.5 Å². The number of rotatable bonds is 4. The Hall–Kier alpha value is -2.87. The van der Waals surface area contributed by atoms with Gasteiger partial charge in [0.2, 0.25) is 0 Å². The Kier molecular flexibility index (Phi) is 4.12. The molecule has 2 heterocycles. The summed E-state index contributed by atoms with van der Waals surface area (Å²) in [4.78, 5) is 28.2. The SMILES string of the molecule is O=C(O)Cc1nn(CC2N=C3CC(F)C=CC3O2)c(=O)c2ccccc12. The third kappa shape index (κ3) is 3.03. The fourth-order valence-electron chi connectivity index (χ4n) is 3.29. The van der Waals surface area contributed by atoms with Gasteiger partial charge in [-0.05, 0) is 6.07 Å². The molecule has 1 aromatic heterocycles. The van der Waals surface area contributed by atoms with Crippen molar-refractivity contribution in [3.05, 3.63) is 52.5 Å². The molecule has 0 fully saturated rings. The van der Waals surface area contributed by atoms with Crippen LogP contribution >= 0.6 is 0 Å². The smallest absolute Gasteiger partial charge is 0.309 e. The van der Waals surface area contributed by atoms with E-state index in [0.29, 0.717) is 22.2 Å². The number of fused-ring (bicyclic) bond motifs is 2. The second-order valence-corrected chi connectivity index (χ2v) is 6.29. The van der Waals surface area contributed by atoms with Crippen LogP contribution in [0.25, 0.3) is 10.8 Å². The highest BCUT2D eigenvalue weighted by molar-refractivity contribution is 5.93. The summed E-state index contributed by atoms with van der Waals surface area (Å²) in [7, 11) is 0. The molecule has 0 amide bonds. The normalized spacial score (nSPS) is 24.5. The van der Waals surface area contributed by atoms with Crippen LogP contribution in [0.4, 0.5) is 4.39 Å². The molecule has 0 saturated heterocycles. The molecule has 2 aromatic rings. The zero-order chi connectivity index (χ0) is 18.3. The standard InChI is InChI=1S/C18H16FN3O4/c19-10-5-6-15-14(7-10)20-16(26-15)9-22-18(25)12-4-2-1-3-11(12)13(21-22)8-17(23)24/h1-6,10,15-16H,7-9H2,(H,23,24). The number of nitrogens with zero attached hydrogens (tertiary/aromatic N) is 3. The van der Waals surface area contributed by atoms with Gasteiger partial charge in [-0.1, -0.05) is 30.4 Å². The highest BCUT2D eigenvalue weighted by Crippen LogP contribution is 2.23. The lowest BCUT2D eigenvalue weighted by Gasteiger charge is -2.16. The number of ether oxygens (including phenoxy) is 1. The van der Waals surface area contributed by atoms with E-state index in [1.54, 1.807) is 30.3 Å². The number of benzene rings is 1. The van der Waals surface area contributed by atoms with Crippen LogP contribution in [-0.4, -0.2) is 45.1 Å². The maximum absolute atomic E-state index is 13.4. The third-order valence-corrected chi connectivity index (χ3v) is 4.43. The van der Waals surface area contributed by atoms with Gasteiger partial charge in [-0.3, -0.25) is 14.6 Å². The van der Waals surface area contributed by atoms with Gasteiger partial charge >= 0.3 is 5.97 Å². The molecule has 0 bridgehead atoms. The molecule has 3 atom stereocenters. The van der Waals surface area contributed by atoms with Gasteiger partial charge in [-0.15, -0.1) is 0 Å². The van der Waals surface area contributed by atoms with E-state index >= 15 is 0 Å². The molecule has 0 radical (unpaired) electrons. The minimum atomic E-state index is -1.07. The number of aliphatic imine (C=N–C) groups is 1. The lowest BCUT2D eigenvalue weighted by Crippen LogP contribution is -2.31. The number of carbonyl (C=O) groups is 1. The van der Waals surface area contributed by atoms with Crippen LogP contribution in [0.15, 0.2) is 46.2 Å². The molecule has 0 spiro atoms. The highest BCUT2D eigenvalue weighted by Gasteiger charge is 2.32. The number of halogens is 1. The second kappa shape index (κ2) is 6.45. The van der Waals surface area contributed by atoms with E-state index in [4.69, 9.17) is 9.84 Å². The van der Waals surface area contributed by atoms with E-state index < -0.39 is 18.4 Å². The van der Waals surface area contributed by atoms with Gasteiger partial charge in [0.25, 0.3) is 5.56 Å². The van der Waals surface area contributed by atoms with Crippen molar-refractivity contribution in [3.63, 3.8) is 0 Å². The van der Waals surface area contributed by atoms with Crippen LogP contribution < -0.4 is 5.56 Å². The number of aliphatic carboxylic acids is 1. The largest absolute Gasteiger partial charge is 0.481 e. The van der Waals surface area contributed by atoms with Crippen molar-refractivity contribution in [3.8, 4) is 0 Å². The molecule has 2 aliphatic rings. The predicted octanol–water partition coefficient (Wildman–Crippen LogP) is 1.49. The third-order valence-electron chi connectivity index (χ3n) is 4.43. The molecular formula is C18H16FN3O4. The van der Waals surface area contributed by atoms with Crippen molar-refractivity contribution in [1.29, 1.82) is 0 Å². The minimum absolute atomic E-state index is 0.0427. The first-order valence-electron chi connectivity index (χ1n) is 8.26. The summed E-state index contributed by atoms with van der Waals surface area (Å²) in [5.74, 6) is -1.03. The zero-order valence-corrected chi connectivity index (χ0v) is 13.7. The van der Waals surface area contributed by atoms with Gasteiger partial charge < -0.3 is 9.84 Å². The molecule has 0 saturated carbocycles. The van der Waals surface area contributed by atoms with Gasteiger partial charge in [0.05, 0.1) is 29.8 Å². The molecule has 3 unspecified atom stereocenters. The van der Waals surface area contributed by atoms with Crippen molar-refractivity contribution in [2.24, 2.45) is 4.99 Å². The zero-order valence-electron chi connectivity index (χ0n) is 13.7. The van der Waals surface area contributed by atoms with Crippen LogP contribution in [-0.2, 0) is 22.5 Å². The minimum Gasteiger partial charge on any atom is -0.481 e. The van der Waals surface area contributed by atoms with Crippen molar-refractivity contribution in [1.82, 2.24) is 9.78 Å². The van der Waals surface area contributed by atoms with Crippen LogP contribution in [0.1, 0.15) is 12.1 Å². The molecule has 1 aromatic carbocycles. The number of allylic oxidation sites excluding steroid dienone is 1. The summed E-state index contributed by atoms with van der Waals surface area (Å²) in [6, 6.07) is 6.76. The number of hydrogen-bond donors (Lipinski definition) is 1. The van der Waals surface area contributed by atoms with E-state index in [0.717, 1.165) is 0 Å². The molecule has 1 N–H and O–H groups in total. The van der Waals surface area contributed by atoms with Crippen LogP contribution in [0.5, 0.6) is 0 Å². The lowest BCUT2D eigenvalue weighted by molar-refractivity contribution is -0.136. The monoisotopic (exact) mass is 357 g/mol. The van der Waals surface area contributed by atoms with E-state index in [9.17, 15) is 14.0 Å². The quantitative estimate of drug-likeness (QED) is 0.837. The van der Waals surface area contributed by atoms with E-state index in [1.807, 2.05) is 0 Å². The molecule has 1 aliphatic carbocycles. The molecule has 1 aliphatic heterocycles. The molecular weight excluding hydrogens is 341 g/mol. The van der Waals surface area contributed by atoms with Crippen molar-refractivity contribution in [2.45, 2.75) is 37.9 Å². The second-order valence-electron chi connectivity index (χ2n) is 6.29. The Balaban J connectivity index is 1.69. The number of hydrogen-bond acceptors (Lipinski definition) is 5. The first-order chi connectivity index (χ1) is 12.5. The van der Waals surface area contributed by atoms with Crippen LogP contribution in [0.2, 0.25) is 0 Å². The topological polar surface area (TPSA) is 93.8 Å². The molecule has 4 rings (SSSR count). The van der Waals surface area contributed by atoms with Gasteiger partial charge in [0.1, 0.15) is 12.3 Å².